The van der Waals surface area contributed by atoms with Crippen LogP contribution in [-0.2, 0) is 0 Å². The smallest absolute Gasteiger partial charge is 0.337 e. The Morgan fingerprint density at radius 2 is 1.95 bits per heavy atom. The van der Waals surface area contributed by atoms with Gasteiger partial charge >= 0.3 is 5.97 Å². The van der Waals surface area contributed by atoms with E-state index in [1.54, 1.807) is 19.9 Å². The van der Waals surface area contributed by atoms with Crippen molar-refractivity contribution < 1.29 is 19.1 Å². The van der Waals surface area contributed by atoms with E-state index >= 15 is 0 Å². The lowest BCUT2D eigenvalue weighted by molar-refractivity contribution is 0.0698. The monoisotopic (exact) mass is 288 g/mol. The lowest BCUT2D eigenvalue weighted by Gasteiger charge is -2.12. The molecule has 5 nitrogen and oxygen atoms in total. The topological polar surface area (TPSA) is 79.3 Å². The molecule has 0 saturated carbocycles. The van der Waals surface area contributed by atoms with E-state index in [1.807, 2.05) is 0 Å². The minimum atomic E-state index is -1.14. The van der Waals surface area contributed by atoms with Gasteiger partial charge in [-0.2, -0.15) is 0 Å². The number of amides is 1. The van der Waals surface area contributed by atoms with Gasteiger partial charge in [0.05, 0.1) is 17.4 Å². The van der Waals surface area contributed by atoms with Gasteiger partial charge in [-0.05, 0) is 43.2 Å². The Balaban J connectivity index is 2.37. The highest BCUT2D eigenvalue weighted by molar-refractivity contribution is 6.07. The first-order valence-corrected chi connectivity index (χ1v) is 6.16. The molecule has 108 valence electrons. The summed E-state index contributed by atoms with van der Waals surface area (Å²) in [6.07, 6.45) is 0.926. The molecule has 0 saturated heterocycles. The number of nitrogens with zero attached hydrogens (tertiary/aromatic N) is 1. The van der Waals surface area contributed by atoms with Crippen molar-refractivity contribution in [3.05, 3.63) is 58.7 Å². The van der Waals surface area contributed by atoms with Crippen LogP contribution < -0.4 is 5.32 Å². The number of aromatic nitrogens is 1. The number of rotatable bonds is 3. The Kier molecular flexibility index (Phi) is 3.98. The van der Waals surface area contributed by atoms with Crippen molar-refractivity contribution in [1.29, 1.82) is 0 Å². The van der Waals surface area contributed by atoms with E-state index in [4.69, 9.17) is 0 Å². The maximum absolute atomic E-state index is 12.8. The molecule has 1 aromatic heterocycles. The number of carbonyl (C=O) groups excluding carboxylic acids is 1. The summed E-state index contributed by atoms with van der Waals surface area (Å²) in [6, 6.07) is 5.58. The molecule has 1 aromatic carbocycles. The number of aromatic carboxylic acids is 1. The molecular weight excluding hydrogens is 275 g/mol. The average Bonchev–Trinajstić information content (AvgIpc) is 2.41. The molecule has 0 aliphatic rings. The number of halogens is 1. The van der Waals surface area contributed by atoms with Crippen LogP contribution in [0.15, 0.2) is 30.5 Å². The van der Waals surface area contributed by atoms with Gasteiger partial charge < -0.3 is 10.4 Å². The van der Waals surface area contributed by atoms with Gasteiger partial charge in [0.1, 0.15) is 11.5 Å². The zero-order valence-corrected chi connectivity index (χ0v) is 11.5. The fourth-order valence-electron chi connectivity index (χ4n) is 1.99. The van der Waals surface area contributed by atoms with Crippen LogP contribution in [0.1, 0.15) is 32.0 Å². The number of pyridine rings is 1. The second kappa shape index (κ2) is 5.70. The van der Waals surface area contributed by atoms with Gasteiger partial charge in [-0.3, -0.25) is 4.79 Å². The minimum absolute atomic E-state index is 0.00274. The van der Waals surface area contributed by atoms with Crippen LogP contribution >= 0.6 is 0 Å². The molecule has 0 bridgehead atoms. The molecule has 0 spiro atoms. The van der Waals surface area contributed by atoms with Crippen LogP contribution in [0, 0.1) is 19.7 Å². The highest BCUT2D eigenvalue weighted by Crippen LogP contribution is 2.23. The normalized spacial score (nSPS) is 10.2. The largest absolute Gasteiger partial charge is 0.478 e. The molecule has 2 aromatic rings. The molecule has 0 aliphatic heterocycles. The van der Waals surface area contributed by atoms with Gasteiger partial charge in [0.25, 0.3) is 5.91 Å². The lowest BCUT2D eigenvalue weighted by atomic mass is 10.0. The summed E-state index contributed by atoms with van der Waals surface area (Å²) in [5.41, 5.74) is 1.63. The number of benzene rings is 1. The molecule has 0 aliphatic carbocycles. The maximum Gasteiger partial charge on any atom is 0.337 e. The lowest BCUT2D eigenvalue weighted by Crippen LogP contribution is -2.17. The number of aryl methyl sites for hydroxylation is 2. The number of anilines is 1. The van der Waals surface area contributed by atoms with E-state index in [0.29, 0.717) is 5.56 Å². The van der Waals surface area contributed by atoms with E-state index in [-0.39, 0.29) is 16.9 Å². The van der Waals surface area contributed by atoms with Gasteiger partial charge in [0, 0.05) is 0 Å². The highest BCUT2D eigenvalue weighted by atomic mass is 19.1. The van der Waals surface area contributed by atoms with Crippen molar-refractivity contribution in [3.63, 3.8) is 0 Å². The summed E-state index contributed by atoms with van der Waals surface area (Å²) in [4.78, 5) is 27.0. The van der Waals surface area contributed by atoms with Crippen molar-refractivity contribution in [3.8, 4) is 0 Å². The van der Waals surface area contributed by atoms with E-state index in [2.05, 4.69) is 10.3 Å². The second-order valence-electron chi connectivity index (χ2n) is 4.63. The predicted octanol–water partition coefficient (Wildman–Crippen LogP) is 2.79. The molecule has 0 radical (unpaired) electrons. The van der Waals surface area contributed by atoms with Crippen molar-refractivity contribution in [2.24, 2.45) is 0 Å². The molecule has 1 heterocycles. The number of hydrogen-bond donors (Lipinski definition) is 2. The van der Waals surface area contributed by atoms with E-state index in [9.17, 15) is 19.1 Å². The first-order valence-electron chi connectivity index (χ1n) is 6.16. The van der Waals surface area contributed by atoms with Gasteiger partial charge in [-0.1, -0.05) is 6.07 Å². The molecule has 0 unspecified atom stereocenters. The van der Waals surface area contributed by atoms with E-state index in [0.717, 1.165) is 17.8 Å². The number of hydrogen-bond acceptors (Lipinski definition) is 3. The van der Waals surface area contributed by atoms with Crippen LogP contribution in [0.3, 0.4) is 0 Å². The quantitative estimate of drug-likeness (QED) is 0.910. The third-order valence-corrected chi connectivity index (χ3v) is 2.91. The Hall–Kier alpha value is -2.76. The molecule has 0 atom stereocenters. The average molecular weight is 288 g/mol. The Morgan fingerprint density at radius 1 is 1.24 bits per heavy atom. The first kappa shape index (κ1) is 14.6. The number of carboxylic acid groups (broad SMARTS) is 1. The molecule has 0 fully saturated rings. The summed E-state index contributed by atoms with van der Waals surface area (Å²) >= 11 is 0. The summed E-state index contributed by atoms with van der Waals surface area (Å²) in [5.74, 6) is -2.28. The number of carbonyl (C=O) groups is 2. The van der Waals surface area contributed by atoms with Gasteiger partial charge in [-0.25, -0.2) is 14.2 Å². The molecule has 1 amide bonds. The third kappa shape index (κ3) is 3.22. The van der Waals surface area contributed by atoms with Crippen LogP contribution in [0.2, 0.25) is 0 Å². The van der Waals surface area contributed by atoms with Gasteiger partial charge in [0.2, 0.25) is 0 Å². The number of carboxylic acids is 1. The molecule has 21 heavy (non-hydrogen) atoms. The standard InChI is InChI=1S/C15H13FN2O3/c1-8-5-9(2)13(11(6-8)15(20)21)18-14(19)12-4-3-10(16)7-17-12/h3-7H,1-2H3,(H,18,19)(H,20,21). The zero-order chi connectivity index (χ0) is 15.6. The number of nitrogens with one attached hydrogen (secondary N) is 1. The van der Waals surface area contributed by atoms with Gasteiger partial charge in [0.15, 0.2) is 0 Å². The Morgan fingerprint density at radius 3 is 2.52 bits per heavy atom. The maximum atomic E-state index is 12.8. The first-order chi connectivity index (χ1) is 9.88. The van der Waals surface area contributed by atoms with E-state index in [1.165, 1.54) is 12.1 Å². The molecule has 2 rings (SSSR count). The summed E-state index contributed by atoms with van der Waals surface area (Å²) in [6.45, 7) is 3.47. The van der Waals surface area contributed by atoms with Crippen molar-refractivity contribution >= 4 is 17.6 Å². The van der Waals surface area contributed by atoms with E-state index < -0.39 is 17.7 Å². The van der Waals surface area contributed by atoms with Crippen LogP contribution in [-0.4, -0.2) is 22.0 Å². The summed E-state index contributed by atoms with van der Waals surface area (Å²) in [5, 5.41) is 11.7. The van der Waals surface area contributed by atoms with Crippen molar-refractivity contribution in [2.75, 3.05) is 5.32 Å². The highest BCUT2D eigenvalue weighted by Gasteiger charge is 2.17. The molecule has 2 N–H and O–H groups in total. The van der Waals surface area contributed by atoms with Crippen molar-refractivity contribution in [2.45, 2.75) is 13.8 Å². The fraction of sp³-hybridized carbons (Fsp3) is 0.133. The van der Waals surface area contributed by atoms with Crippen LogP contribution in [0.5, 0.6) is 0 Å². The zero-order valence-electron chi connectivity index (χ0n) is 11.5. The fourth-order valence-corrected chi connectivity index (χ4v) is 1.99. The summed E-state index contributed by atoms with van der Waals surface area (Å²) < 4.78 is 12.8. The minimum Gasteiger partial charge on any atom is -0.478 e. The Labute approximate surface area is 120 Å². The summed E-state index contributed by atoms with van der Waals surface area (Å²) in [7, 11) is 0. The SMILES string of the molecule is Cc1cc(C)c(NC(=O)c2ccc(F)cn2)c(C(=O)O)c1. The second-order valence-corrected chi connectivity index (χ2v) is 4.63. The van der Waals surface area contributed by atoms with Crippen LogP contribution in [0.4, 0.5) is 10.1 Å². The molecule has 6 heteroatoms. The predicted molar refractivity (Wildman–Crippen MR) is 75.0 cm³/mol. The van der Waals surface area contributed by atoms with Crippen molar-refractivity contribution in [1.82, 2.24) is 4.98 Å². The van der Waals surface area contributed by atoms with Gasteiger partial charge in [-0.15, -0.1) is 0 Å². The third-order valence-electron chi connectivity index (χ3n) is 2.91. The molecular formula is C15H13FN2O3. The van der Waals surface area contributed by atoms with Crippen LogP contribution in [0.25, 0.3) is 0 Å². The Bertz CT molecular complexity index is 712.